The van der Waals surface area contributed by atoms with Crippen LogP contribution in [0.2, 0.25) is 0 Å². The van der Waals surface area contributed by atoms with Gasteiger partial charge in [0.2, 0.25) is 0 Å². The Morgan fingerprint density at radius 1 is 0.972 bits per heavy atom. The quantitative estimate of drug-likeness (QED) is 0.415. The third-order valence-corrected chi connectivity index (χ3v) is 7.00. The van der Waals surface area contributed by atoms with Crippen LogP contribution in [0, 0.1) is 6.92 Å². The number of amides is 1. The van der Waals surface area contributed by atoms with E-state index >= 15 is 0 Å². The summed E-state index contributed by atoms with van der Waals surface area (Å²) in [6, 6.07) is 7.70. The largest absolute Gasteiger partial charge is 0.416 e. The van der Waals surface area contributed by atoms with Crippen molar-refractivity contribution in [2.45, 2.75) is 50.6 Å². The number of hydrazine groups is 1. The number of carbonyl (C=O) groups excluding carboxylic acids is 1. The number of hydrogen-bond acceptors (Lipinski definition) is 4. The Kier molecular flexibility index (Phi) is 7.00. The second-order valence-corrected chi connectivity index (χ2v) is 9.78. The molecule has 2 atom stereocenters. The van der Waals surface area contributed by atoms with Crippen molar-refractivity contribution in [1.82, 2.24) is 15.2 Å². The monoisotopic (exact) mass is 514 g/mol. The molecule has 0 radical (unpaired) electrons. The molecule has 2 saturated heterocycles. The van der Waals surface area contributed by atoms with Gasteiger partial charge in [0.1, 0.15) is 6.04 Å². The van der Waals surface area contributed by atoms with E-state index in [4.69, 9.17) is 0 Å². The Hall–Kier alpha value is -2.79. The van der Waals surface area contributed by atoms with E-state index in [9.17, 15) is 31.1 Å². The van der Waals surface area contributed by atoms with Crippen molar-refractivity contribution >= 4 is 11.6 Å². The number of carbonyl (C=O) groups is 1. The van der Waals surface area contributed by atoms with Crippen LogP contribution in [-0.2, 0) is 17.1 Å². The summed E-state index contributed by atoms with van der Waals surface area (Å²) in [6.07, 6.45) is -7.93. The van der Waals surface area contributed by atoms with Gasteiger partial charge < -0.3 is 0 Å². The minimum Gasteiger partial charge on any atom is -0.299 e. The summed E-state index contributed by atoms with van der Waals surface area (Å²) in [4.78, 5) is 17.8. The maximum absolute atomic E-state index is 13.4. The average molecular weight is 515 g/mol. The number of alkyl halides is 6. The molecule has 2 aliphatic rings. The third-order valence-electron chi connectivity index (χ3n) is 7.00. The highest BCUT2D eigenvalue weighted by atomic mass is 19.4. The van der Waals surface area contributed by atoms with Gasteiger partial charge in [-0.2, -0.15) is 26.3 Å². The molecule has 2 aliphatic heterocycles. The summed E-state index contributed by atoms with van der Waals surface area (Å²) in [6.45, 7) is 7.00. The van der Waals surface area contributed by atoms with Gasteiger partial charge in [-0.05, 0) is 57.0 Å². The highest BCUT2D eigenvalue weighted by Gasteiger charge is 2.44. The topological polar surface area (TPSA) is 47.6 Å². The van der Waals surface area contributed by atoms with E-state index in [1.807, 2.05) is 30.0 Å². The van der Waals surface area contributed by atoms with E-state index in [1.165, 1.54) is 0 Å². The summed E-state index contributed by atoms with van der Waals surface area (Å²) < 4.78 is 79.3. The zero-order valence-electron chi connectivity index (χ0n) is 19.9. The molecule has 2 unspecified atom stereocenters. The zero-order chi connectivity index (χ0) is 26.3. The van der Waals surface area contributed by atoms with Crippen LogP contribution < -0.4 is 10.9 Å². The number of anilines is 1. The van der Waals surface area contributed by atoms with Crippen molar-refractivity contribution in [3.63, 3.8) is 0 Å². The van der Waals surface area contributed by atoms with E-state index in [0.717, 1.165) is 31.5 Å². The number of nitrogens with zero attached hydrogens (tertiary/aromatic N) is 2. The Bertz CT molecular complexity index is 1090. The lowest BCUT2D eigenvalue weighted by Crippen LogP contribution is -2.59. The van der Waals surface area contributed by atoms with Gasteiger partial charge in [0, 0.05) is 25.2 Å². The molecule has 2 heterocycles. The number of halogens is 6. The molecule has 0 aliphatic carbocycles. The van der Waals surface area contributed by atoms with Gasteiger partial charge in [-0.3, -0.25) is 25.4 Å². The fourth-order valence-corrected chi connectivity index (χ4v) is 5.22. The molecule has 2 fully saturated rings. The Labute approximate surface area is 205 Å². The lowest BCUT2D eigenvalue weighted by atomic mass is 9.93. The van der Waals surface area contributed by atoms with Crippen LogP contribution in [0.25, 0.3) is 0 Å². The Morgan fingerprint density at radius 3 is 2.25 bits per heavy atom. The highest BCUT2D eigenvalue weighted by molar-refractivity contribution is 5.84. The second-order valence-electron chi connectivity index (χ2n) is 9.78. The molecular weight excluding hydrogens is 486 g/mol. The van der Waals surface area contributed by atoms with Crippen LogP contribution in [0.3, 0.4) is 0 Å². The molecule has 11 heteroatoms. The van der Waals surface area contributed by atoms with Crippen LogP contribution >= 0.6 is 0 Å². The van der Waals surface area contributed by atoms with Crippen molar-refractivity contribution in [3.05, 3.63) is 64.7 Å². The van der Waals surface area contributed by atoms with E-state index < -0.39 is 41.1 Å². The molecule has 196 valence electrons. The third kappa shape index (κ3) is 5.62. The maximum Gasteiger partial charge on any atom is 0.416 e. The molecule has 2 aromatic rings. The summed E-state index contributed by atoms with van der Waals surface area (Å²) in [5, 5.41) is 0. The first-order valence-electron chi connectivity index (χ1n) is 11.7. The molecular formula is C25H28F6N4O. The van der Waals surface area contributed by atoms with Crippen molar-refractivity contribution in [1.29, 1.82) is 0 Å². The fourth-order valence-electron chi connectivity index (χ4n) is 5.22. The lowest BCUT2D eigenvalue weighted by Gasteiger charge is -2.47. The first kappa shape index (κ1) is 26.3. The van der Waals surface area contributed by atoms with Crippen molar-refractivity contribution in [2.24, 2.45) is 0 Å². The first-order valence-corrected chi connectivity index (χ1v) is 11.7. The molecule has 2 N–H and O–H groups in total. The molecule has 36 heavy (non-hydrogen) atoms. The van der Waals surface area contributed by atoms with Gasteiger partial charge in [-0.1, -0.05) is 29.8 Å². The fraction of sp³-hybridized carbons (Fsp3) is 0.480. The number of piperazine rings is 1. The summed E-state index contributed by atoms with van der Waals surface area (Å²) in [7, 11) is 0. The van der Waals surface area contributed by atoms with Crippen LogP contribution in [-0.4, -0.2) is 47.4 Å². The number of aryl methyl sites for hydroxylation is 1. The first-order chi connectivity index (χ1) is 16.8. The average Bonchev–Trinajstić information content (AvgIpc) is 3.17. The predicted octanol–water partition coefficient (Wildman–Crippen LogP) is 5.39. The lowest BCUT2D eigenvalue weighted by molar-refractivity contribution is -0.143. The number of rotatable bonds is 5. The molecule has 1 amide bonds. The molecule has 2 aromatic carbocycles. The van der Waals surface area contributed by atoms with Gasteiger partial charge >= 0.3 is 12.4 Å². The summed E-state index contributed by atoms with van der Waals surface area (Å²) in [5.41, 5.74) is 2.74. The molecule has 0 saturated carbocycles. The van der Waals surface area contributed by atoms with E-state index in [-0.39, 0.29) is 11.6 Å². The van der Waals surface area contributed by atoms with Gasteiger partial charge in [-0.15, -0.1) is 0 Å². The summed E-state index contributed by atoms with van der Waals surface area (Å²) in [5.74, 6) is -0.568. The second kappa shape index (κ2) is 9.59. The van der Waals surface area contributed by atoms with Crippen LogP contribution in [0.5, 0.6) is 0 Å². The van der Waals surface area contributed by atoms with Gasteiger partial charge in [0.05, 0.1) is 16.8 Å². The minimum absolute atomic E-state index is 0.0460. The van der Waals surface area contributed by atoms with Gasteiger partial charge in [-0.25, -0.2) is 0 Å². The number of nitrogens with one attached hydrogen (secondary N) is 2. The molecule has 0 bridgehead atoms. The highest BCUT2D eigenvalue weighted by Crippen LogP contribution is 2.38. The number of benzene rings is 2. The number of fused-ring (bicyclic) bond motifs is 1. The van der Waals surface area contributed by atoms with E-state index in [1.54, 1.807) is 6.07 Å². The van der Waals surface area contributed by atoms with Crippen LogP contribution in [0.4, 0.5) is 32.0 Å². The molecule has 4 rings (SSSR count). The van der Waals surface area contributed by atoms with Gasteiger partial charge in [0.25, 0.3) is 5.91 Å². The standard InChI is InChI=1S/C25H28F6N4O/c1-16-5-3-6-17(11-16)21(34-9-10-35-8-4-7-23(35,2)15-34)22(36)33-32-20-13-18(24(26,27)28)12-19(14-20)25(29,30)31/h3,5-6,11-14,21,32H,4,7-10,15H2,1-2H3,(H,33,36). The Balaban J connectivity index is 1.60. The smallest absolute Gasteiger partial charge is 0.299 e. The normalized spacial score (nSPS) is 22.2. The molecule has 0 aromatic heterocycles. The summed E-state index contributed by atoms with van der Waals surface area (Å²) >= 11 is 0. The maximum atomic E-state index is 13.4. The number of hydrogen-bond donors (Lipinski definition) is 2. The predicted molar refractivity (Wildman–Crippen MR) is 123 cm³/mol. The van der Waals surface area contributed by atoms with Crippen molar-refractivity contribution in [2.75, 3.05) is 31.6 Å². The van der Waals surface area contributed by atoms with Crippen molar-refractivity contribution in [3.8, 4) is 0 Å². The molecule has 0 spiro atoms. The SMILES string of the molecule is Cc1cccc(C(C(=O)NNc2cc(C(F)(F)F)cc(C(F)(F)F)c2)N2CCN3CCCC3(C)C2)c1. The van der Waals surface area contributed by atoms with Crippen LogP contribution in [0.15, 0.2) is 42.5 Å². The Morgan fingerprint density at radius 2 is 1.64 bits per heavy atom. The van der Waals surface area contributed by atoms with E-state index in [2.05, 4.69) is 22.7 Å². The minimum atomic E-state index is -4.98. The van der Waals surface area contributed by atoms with E-state index in [0.29, 0.717) is 30.8 Å². The molecule has 5 nitrogen and oxygen atoms in total. The van der Waals surface area contributed by atoms with Crippen molar-refractivity contribution < 1.29 is 31.1 Å². The van der Waals surface area contributed by atoms with Crippen LogP contribution in [0.1, 0.15) is 48.1 Å². The zero-order valence-corrected chi connectivity index (χ0v) is 19.9. The van der Waals surface area contributed by atoms with Gasteiger partial charge in [0.15, 0.2) is 0 Å².